The Bertz CT molecular complexity index is 703. The molecule has 2 aromatic rings. The van der Waals surface area contributed by atoms with Gasteiger partial charge in [-0.1, -0.05) is 18.2 Å². The number of nitrogens with one attached hydrogen (secondary N) is 2. The normalized spacial score (nSPS) is 20.3. The predicted octanol–water partition coefficient (Wildman–Crippen LogP) is 2.99. The monoisotopic (exact) mass is 313 g/mol. The molecule has 2 unspecified atom stereocenters. The maximum absolute atomic E-state index is 11.7. The first kappa shape index (κ1) is 15.7. The molecule has 2 N–H and O–H groups in total. The summed E-state index contributed by atoms with van der Waals surface area (Å²) < 4.78 is 5.27. The van der Waals surface area contributed by atoms with Gasteiger partial charge >= 0.3 is 6.09 Å². The molecule has 1 aromatic heterocycles. The first-order valence-corrected chi connectivity index (χ1v) is 7.97. The molecule has 122 valence electrons. The van der Waals surface area contributed by atoms with Crippen LogP contribution in [-0.4, -0.2) is 28.8 Å². The molecule has 5 heteroatoms. The lowest BCUT2D eigenvalue weighted by atomic mass is 10.1. The van der Waals surface area contributed by atoms with E-state index in [0.717, 1.165) is 18.4 Å². The molecule has 0 bridgehead atoms. The molecule has 1 aromatic carbocycles. The number of aromatic nitrogens is 1. The number of pyridine rings is 1. The molecule has 3 rings (SSSR count). The number of nitrogens with zero attached hydrogens (tertiary/aromatic N) is 1. The molecule has 0 radical (unpaired) electrons. The van der Waals surface area contributed by atoms with Crippen molar-refractivity contribution in [1.29, 1.82) is 0 Å². The lowest BCUT2D eigenvalue weighted by Crippen LogP contribution is -2.36. The fraction of sp³-hybridized carbons (Fsp3) is 0.444. The summed E-state index contributed by atoms with van der Waals surface area (Å²) in [7, 11) is 0. The van der Waals surface area contributed by atoms with Crippen LogP contribution in [0.2, 0.25) is 0 Å². The Labute approximate surface area is 136 Å². The highest BCUT2D eigenvalue weighted by Gasteiger charge is 2.38. The van der Waals surface area contributed by atoms with Crippen LogP contribution in [0.5, 0.6) is 0 Å². The smallest absolute Gasteiger partial charge is 0.407 e. The Morgan fingerprint density at radius 2 is 2.13 bits per heavy atom. The lowest BCUT2D eigenvalue weighted by Gasteiger charge is -2.19. The van der Waals surface area contributed by atoms with Gasteiger partial charge in [0.25, 0.3) is 0 Å². The first-order valence-electron chi connectivity index (χ1n) is 7.97. The van der Waals surface area contributed by atoms with Gasteiger partial charge in [-0.25, -0.2) is 4.79 Å². The van der Waals surface area contributed by atoms with Crippen molar-refractivity contribution in [2.75, 3.05) is 0 Å². The van der Waals surface area contributed by atoms with Crippen molar-refractivity contribution in [2.24, 2.45) is 0 Å². The van der Waals surface area contributed by atoms with Crippen LogP contribution in [0.25, 0.3) is 10.8 Å². The van der Waals surface area contributed by atoms with Crippen molar-refractivity contribution < 1.29 is 9.53 Å². The van der Waals surface area contributed by atoms with E-state index in [0.29, 0.717) is 6.04 Å². The molecule has 23 heavy (non-hydrogen) atoms. The van der Waals surface area contributed by atoms with Gasteiger partial charge in [0.2, 0.25) is 0 Å². The van der Waals surface area contributed by atoms with Gasteiger partial charge in [0.15, 0.2) is 0 Å². The molecule has 0 aliphatic heterocycles. The molecule has 0 spiro atoms. The van der Waals surface area contributed by atoms with E-state index in [1.165, 1.54) is 10.9 Å². The minimum atomic E-state index is -0.459. The lowest BCUT2D eigenvalue weighted by molar-refractivity contribution is 0.0522. The molecule has 1 saturated carbocycles. The van der Waals surface area contributed by atoms with E-state index in [9.17, 15) is 4.79 Å². The summed E-state index contributed by atoms with van der Waals surface area (Å²) in [6, 6.07) is 8.73. The second-order valence-corrected chi connectivity index (χ2v) is 6.99. The summed E-state index contributed by atoms with van der Waals surface area (Å²) in [5.74, 6) is 0. The third kappa shape index (κ3) is 4.20. The number of rotatable bonds is 4. The highest BCUT2D eigenvalue weighted by molar-refractivity contribution is 5.84. The van der Waals surface area contributed by atoms with E-state index in [4.69, 9.17) is 4.74 Å². The molecule has 1 aliphatic rings. The molecule has 1 heterocycles. The van der Waals surface area contributed by atoms with E-state index in [1.807, 2.05) is 45.3 Å². The van der Waals surface area contributed by atoms with Gasteiger partial charge in [0.1, 0.15) is 5.60 Å². The summed E-state index contributed by atoms with van der Waals surface area (Å²) in [5.41, 5.74) is 0.784. The van der Waals surface area contributed by atoms with Crippen molar-refractivity contribution in [3.05, 3.63) is 42.2 Å². The highest BCUT2D eigenvalue weighted by Crippen LogP contribution is 2.24. The van der Waals surface area contributed by atoms with E-state index < -0.39 is 5.60 Å². The Morgan fingerprint density at radius 1 is 1.30 bits per heavy atom. The van der Waals surface area contributed by atoms with Gasteiger partial charge in [-0.2, -0.15) is 0 Å². The van der Waals surface area contributed by atoms with Crippen LogP contribution in [0.15, 0.2) is 36.7 Å². The van der Waals surface area contributed by atoms with Crippen LogP contribution in [0.1, 0.15) is 32.8 Å². The molecule has 1 aliphatic carbocycles. The topological polar surface area (TPSA) is 63.2 Å². The van der Waals surface area contributed by atoms with Gasteiger partial charge in [-0.05, 0) is 44.2 Å². The minimum absolute atomic E-state index is 0.154. The standard InChI is InChI=1S/C18H23N3O2/c1-18(2,3)23-17(22)21-16-9-15(16)20-11-13-6-4-5-12-10-19-8-7-14(12)13/h4-8,10,15-16,20H,9,11H2,1-3H3,(H,21,22). The van der Waals surface area contributed by atoms with Crippen molar-refractivity contribution in [3.63, 3.8) is 0 Å². The summed E-state index contributed by atoms with van der Waals surface area (Å²) in [5, 5.41) is 8.75. The van der Waals surface area contributed by atoms with Gasteiger partial charge in [0, 0.05) is 36.4 Å². The van der Waals surface area contributed by atoms with Crippen LogP contribution in [0.3, 0.4) is 0 Å². The molecular weight excluding hydrogens is 290 g/mol. The van der Waals surface area contributed by atoms with E-state index in [-0.39, 0.29) is 12.1 Å². The number of carbonyl (C=O) groups is 1. The average Bonchev–Trinajstić information content (AvgIpc) is 3.21. The Morgan fingerprint density at radius 3 is 2.91 bits per heavy atom. The number of carbonyl (C=O) groups excluding carboxylic acids is 1. The van der Waals surface area contributed by atoms with Crippen molar-refractivity contribution in [3.8, 4) is 0 Å². The predicted molar refractivity (Wildman–Crippen MR) is 90.1 cm³/mol. The second kappa shape index (κ2) is 6.16. The fourth-order valence-corrected chi connectivity index (χ4v) is 2.62. The third-order valence-electron chi connectivity index (χ3n) is 3.82. The zero-order chi connectivity index (χ0) is 16.4. The van der Waals surface area contributed by atoms with Gasteiger partial charge in [-0.15, -0.1) is 0 Å². The third-order valence-corrected chi connectivity index (χ3v) is 3.82. The quantitative estimate of drug-likeness (QED) is 0.911. The number of hydrogen-bond acceptors (Lipinski definition) is 4. The van der Waals surface area contributed by atoms with E-state index in [1.54, 1.807) is 0 Å². The van der Waals surface area contributed by atoms with Crippen LogP contribution in [-0.2, 0) is 11.3 Å². The van der Waals surface area contributed by atoms with Crippen molar-refractivity contribution in [2.45, 2.75) is 51.4 Å². The van der Waals surface area contributed by atoms with Gasteiger partial charge in [0.05, 0.1) is 0 Å². The number of fused-ring (bicyclic) bond motifs is 1. The van der Waals surface area contributed by atoms with E-state index >= 15 is 0 Å². The molecule has 2 atom stereocenters. The highest BCUT2D eigenvalue weighted by atomic mass is 16.6. The molecule has 5 nitrogen and oxygen atoms in total. The molecule has 0 saturated heterocycles. The fourth-order valence-electron chi connectivity index (χ4n) is 2.62. The number of benzene rings is 1. The number of hydrogen-bond donors (Lipinski definition) is 2. The molecule has 1 fully saturated rings. The molecular formula is C18H23N3O2. The van der Waals surface area contributed by atoms with Gasteiger partial charge in [-0.3, -0.25) is 4.98 Å². The SMILES string of the molecule is CC(C)(C)OC(=O)NC1CC1NCc1cccc2cnccc12. The van der Waals surface area contributed by atoms with Crippen LogP contribution < -0.4 is 10.6 Å². The first-order chi connectivity index (χ1) is 10.9. The minimum Gasteiger partial charge on any atom is -0.444 e. The van der Waals surface area contributed by atoms with Gasteiger partial charge < -0.3 is 15.4 Å². The van der Waals surface area contributed by atoms with Crippen LogP contribution in [0, 0.1) is 0 Å². The summed E-state index contributed by atoms with van der Waals surface area (Å²) in [4.78, 5) is 15.9. The second-order valence-electron chi connectivity index (χ2n) is 6.99. The molecule has 1 amide bonds. The van der Waals surface area contributed by atoms with Crippen LogP contribution >= 0.6 is 0 Å². The van der Waals surface area contributed by atoms with Crippen molar-refractivity contribution >= 4 is 16.9 Å². The maximum Gasteiger partial charge on any atom is 0.407 e. The Balaban J connectivity index is 1.51. The summed E-state index contributed by atoms with van der Waals surface area (Å²) >= 11 is 0. The van der Waals surface area contributed by atoms with Crippen LogP contribution in [0.4, 0.5) is 4.79 Å². The Hall–Kier alpha value is -2.14. The average molecular weight is 313 g/mol. The number of alkyl carbamates (subject to hydrolysis) is 1. The number of ether oxygens (including phenoxy) is 1. The largest absolute Gasteiger partial charge is 0.444 e. The Kier molecular flexibility index (Phi) is 4.22. The van der Waals surface area contributed by atoms with Crippen molar-refractivity contribution in [1.82, 2.24) is 15.6 Å². The van der Waals surface area contributed by atoms with E-state index in [2.05, 4.69) is 27.8 Å². The number of amides is 1. The maximum atomic E-state index is 11.7. The summed E-state index contributed by atoms with van der Waals surface area (Å²) in [6.45, 7) is 6.37. The zero-order valence-electron chi connectivity index (χ0n) is 13.8. The summed E-state index contributed by atoms with van der Waals surface area (Å²) in [6.07, 6.45) is 4.28. The zero-order valence-corrected chi connectivity index (χ0v) is 13.8.